The Morgan fingerprint density at radius 3 is 2.57 bits per heavy atom. The van der Waals surface area contributed by atoms with E-state index in [1.165, 1.54) is 0 Å². The van der Waals surface area contributed by atoms with Crippen LogP contribution in [0.1, 0.15) is 18.9 Å². The quantitative estimate of drug-likeness (QED) is 0.739. The molecule has 0 aliphatic heterocycles. The number of nitrogens with zero attached hydrogens (tertiary/aromatic N) is 1. The Bertz CT molecular complexity index is 313. The predicted molar refractivity (Wildman–Crippen MR) is 55.3 cm³/mol. The van der Waals surface area contributed by atoms with Gasteiger partial charge in [-0.05, 0) is 24.1 Å². The number of nitrogens with two attached hydrogens (primary N) is 1. The minimum absolute atomic E-state index is 0.312. The van der Waals surface area contributed by atoms with Crippen molar-refractivity contribution in [1.82, 2.24) is 0 Å². The SMILES string of the molecule is CCC(C#N)OCc1ccc(N)cc1. The van der Waals surface area contributed by atoms with E-state index in [1.54, 1.807) is 0 Å². The van der Waals surface area contributed by atoms with E-state index in [0.717, 1.165) is 11.3 Å². The number of benzene rings is 1. The average molecular weight is 190 g/mol. The Morgan fingerprint density at radius 1 is 1.43 bits per heavy atom. The van der Waals surface area contributed by atoms with Crippen molar-refractivity contribution in [3.05, 3.63) is 29.8 Å². The van der Waals surface area contributed by atoms with Gasteiger partial charge in [0.1, 0.15) is 6.10 Å². The lowest BCUT2D eigenvalue weighted by molar-refractivity contribution is 0.0745. The van der Waals surface area contributed by atoms with E-state index in [2.05, 4.69) is 6.07 Å². The normalized spacial score (nSPS) is 12.0. The van der Waals surface area contributed by atoms with Crippen molar-refractivity contribution < 1.29 is 4.74 Å². The van der Waals surface area contributed by atoms with E-state index in [1.807, 2.05) is 31.2 Å². The van der Waals surface area contributed by atoms with Gasteiger partial charge in [0.05, 0.1) is 12.7 Å². The van der Waals surface area contributed by atoms with Gasteiger partial charge in [0.25, 0.3) is 0 Å². The van der Waals surface area contributed by atoms with E-state index >= 15 is 0 Å². The van der Waals surface area contributed by atoms with Crippen LogP contribution in [-0.4, -0.2) is 6.10 Å². The molecule has 0 spiro atoms. The zero-order valence-electron chi connectivity index (χ0n) is 8.23. The lowest BCUT2D eigenvalue weighted by Crippen LogP contribution is -2.08. The van der Waals surface area contributed by atoms with Gasteiger partial charge < -0.3 is 10.5 Å². The van der Waals surface area contributed by atoms with Crippen molar-refractivity contribution in [3.63, 3.8) is 0 Å². The monoisotopic (exact) mass is 190 g/mol. The van der Waals surface area contributed by atoms with Gasteiger partial charge in [0.15, 0.2) is 0 Å². The largest absolute Gasteiger partial charge is 0.399 e. The van der Waals surface area contributed by atoms with Crippen LogP contribution in [-0.2, 0) is 11.3 Å². The van der Waals surface area contributed by atoms with Gasteiger partial charge in [-0.1, -0.05) is 19.1 Å². The van der Waals surface area contributed by atoms with E-state index in [9.17, 15) is 0 Å². The van der Waals surface area contributed by atoms with E-state index in [0.29, 0.717) is 13.0 Å². The first-order valence-electron chi connectivity index (χ1n) is 4.62. The van der Waals surface area contributed by atoms with Crippen LogP contribution in [0.15, 0.2) is 24.3 Å². The van der Waals surface area contributed by atoms with Crippen LogP contribution in [0.5, 0.6) is 0 Å². The lowest BCUT2D eigenvalue weighted by atomic mass is 10.2. The second-order valence-electron chi connectivity index (χ2n) is 3.08. The van der Waals surface area contributed by atoms with Crippen molar-refractivity contribution >= 4 is 5.69 Å². The number of anilines is 1. The highest BCUT2D eigenvalue weighted by Crippen LogP contribution is 2.08. The highest BCUT2D eigenvalue weighted by molar-refractivity contribution is 5.39. The fraction of sp³-hybridized carbons (Fsp3) is 0.364. The molecule has 1 atom stereocenters. The second kappa shape index (κ2) is 5.25. The summed E-state index contributed by atoms with van der Waals surface area (Å²) in [7, 11) is 0. The summed E-state index contributed by atoms with van der Waals surface area (Å²) in [5.74, 6) is 0. The Hall–Kier alpha value is -1.53. The summed E-state index contributed by atoms with van der Waals surface area (Å²) in [5, 5.41) is 8.65. The van der Waals surface area contributed by atoms with E-state index in [-0.39, 0.29) is 6.10 Å². The Kier molecular flexibility index (Phi) is 3.96. The number of rotatable bonds is 4. The molecule has 0 heterocycles. The van der Waals surface area contributed by atoms with Gasteiger partial charge in [0.2, 0.25) is 0 Å². The Balaban J connectivity index is 2.46. The fourth-order valence-corrected chi connectivity index (χ4v) is 1.06. The maximum atomic E-state index is 8.65. The van der Waals surface area contributed by atoms with Crippen LogP contribution >= 0.6 is 0 Å². The molecule has 3 heteroatoms. The van der Waals surface area contributed by atoms with Crippen LogP contribution in [0.3, 0.4) is 0 Å². The molecule has 2 N–H and O–H groups in total. The number of ether oxygens (including phenoxy) is 1. The average Bonchev–Trinajstić information content (AvgIpc) is 2.22. The second-order valence-corrected chi connectivity index (χ2v) is 3.08. The zero-order chi connectivity index (χ0) is 10.4. The molecule has 0 amide bonds. The number of nitrogen functional groups attached to an aromatic ring is 1. The first-order chi connectivity index (χ1) is 6.76. The summed E-state index contributed by atoms with van der Waals surface area (Å²) >= 11 is 0. The Morgan fingerprint density at radius 2 is 2.07 bits per heavy atom. The third kappa shape index (κ3) is 3.08. The van der Waals surface area contributed by atoms with Gasteiger partial charge in [-0.25, -0.2) is 0 Å². The van der Waals surface area contributed by atoms with Gasteiger partial charge in [-0.2, -0.15) is 5.26 Å². The van der Waals surface area contributed by atoms with Crippen molar-refractivity contribution in [2.24, 2.45) is 0 Å². The molecule has 0 aliphatic rings. The first-order valence-corrected chi connectivity index (χ1v) is 4.62. The highest BCUT2D eigenvalue weighted by Gasteiger charge is 2.03. The number of hydrogen-bond donors (Lipinski definition) is 1. The number of nitriles is 1. The summed E-state index contributed by atoms with van der Waals surface area (Å²) in [6, 6.07) is 9.54. The molecule has 14 heavy (non-hydrogen) atoms. The van der Waals surface area contributed by atoms with Crippen LogP contribution in [0.25, 0.3) is 0 Å². The molecular weight excluding hydrogens is 176 g/mol. The first kappa shape index (κ1) is 10.6. The number of hydrogen-bond acceptors (Lipinski definition) is 3. The minimum atomic E-state index is -0.312. The predicted octanol–water partition coefficient (Wildman–Crippen LogP) is 2.09. The standard InChI is InChI=1S/C11H14N2O/c1-2-11(7-12)14-8-9-3-5-10(13)6-4-9/h3-6,11H,2,8,13H2,1H3. The van der Waals surface area contributed by atoms with Gasteiger partial charge in [-0.15, -0.1) is 0 Å². The maximum Gasteiger partial charge on any atom is 0.144 e. The van der Waals surface area contributed by atoms with Gasteiger partial charge >= 0.3 is 0 Å². The van der Waals surface area contributed by atoms with Crippen molar-refractivity contribution in [1.29, 1.82) is 5.26 Å². The molecule has 0 aromatic heterocycles. The molecule has 0 bridgehead atoms. The molecule has 1 aromatic rings. The van der Waals surface area contributed by atoms with Crippen LogP contribution in [0.4, 0.5) is 5.69 Å². The maximum absolute atomic E-state index is 8.65. The van der Waals surface area contributed by atoms with E-state index in [4.69, 9.17) is 15.7 Å². The topological polar surface area (TPSA) is 59.0 Å². The molecule has 0 fully saturated rings. The lowest BCUT2D eigenvalue weighted by Gasteiger charge is -2.08. The molecular formula is C11H14N2O. The molecule has 1 unspecified atom stereocenters. The van der Waals surface area contributed by atoms with Crippen LogP contribution in [0, 0.1) is 11.3 Å². The summed E-state index contributed by atoms with van der Waals surface area (Å²) < 4.78 is 5.36. The molecule has 0 radical (unpaired) electrons. The molecule has 74 valence electrons. The zero-order valence-corrected chi connectivity index (χ0v) is 8.23. The van der Waals surface area contributed by atoms with Crippen molar-refractivity contribution in [2.45, 2.75) is 26.1 Å². The van der Waals surface area contributed by atoms with Crippen molar-refractivity contribution in [3.8, 4) is 6.07 Å². The molecule has 3 nitrogen and oxygen atoms in total. The summed E-state index contributed by atoms with van der Waals surface area (Å²) in [6.07, 6.45) is 0.401. The molecule has 0 aliphatic carbocycles. The summed E-state index contributed by atoms with van der Waals surface area (Å²) in [5.41, 5.74) is 7.31. The third-order valence-electron chi connectivity index (χ3n) is 1.95. The van der Waals surface area contributed by atoms with Crippen LogP contribution in [0.2, 0.25) is 0 Å². The third-order valence-corrected chi connectivity index (χ3v) is 1.95. The Labute approximate surface area is 84.1 Å². The fourth-order valence-electron chi connectivity index (χ4n) is 1.06. The molecule has 0 saturated carbocycles. The van der Waals surface area contributed by atoms with Gasteiger partial charge in [-0.3, -0.25) is 0 Å². The van der Waals surface area contributed by atoms with Crippen molar-refractivity contribution in [2.75, 3.05) is 5.73 Å². The smallest absolute Gasteiger partial charge is 0.144 e. The van der Waals surface area contributed by atoms with E-state index < -0.39 is 0 Å². The van der Waals surface area contributed by atoms with Gasteiger partial charge in [0, 0.05) is 5.69 Å². The summed E-state index contributed by atoms with van der Waals surface area (Å²) in [4.78, 5) is 0. The molecule has 1 rings (SSSR count). The molecule has 1 aromatic carbocycles. The highest BCUT2D eigenvalue weighted by atomic mass is 16.5. The van der Waals surface area contributed by atoms with Crippen LogP contribution < -0.4 is 5.73 Å². The minimum Gasteiger partial charge on any atom is -0.399 e. The summed E-state index contributed by atoms with van der Waals surface area (Å²) in [6.45, 7) is 2.39. The molecule has 0 saturated heterocycles.